The number of aryl methyl sites for hydroxylation is 3. The lowest BCUT2D eigenvalue weighted by Crippen LogP contribution is -2.03. The Morgan fingerprint density at radius 2 is 2.00 bits per heavy atom. The minimum absolute atomic E-state index is 1.23. The van der Waals surface area contributed by atoms with Crippen LogP contribution in [-0.2, 0) is 6.42 Å². The maximum Gasteiger partial charge on any atom is -0.0166 e. The fraction of sp³-hybridized carbons (Fsp3) is 0.500. The van der Waals surface area contributed by atoms with E-state index in [2.05, 4.69) is 39.0 Å². The maximum atomic E-state index is 2.46. The van der Waals surface area contributed by atoms with Gasteiger partial charge in [-0.15, -0.1) is 0 Å². The average molecular weight is 214 g/mol. The van der Waals surface area contributed by atoms with Gasteiger partial charge in [-0.05, 0) is 61.8 Å². The van der Waals surface area contributed by atoms with Crippen LogP contribution in [0.2, 0.25) is 0 Å². The van der Waals surface area contributed by atoms with Gasteiger partial charge in [-0.1, -0.05) is 37.1 Å². The number of rotatable bonds is 3. The zero-order valence-corrected chi connectivity index (χ0v) is 10.8. The summed E-state index contributed by atoms with van der Waals surface area (Å²) in [7, 11) is 0. The summed E-state index contributed by atoms with van der Waals surface area (Å²) in [6, 6.07) is 4.70. The highest BCUT2D eigenvalue weighted by Gasteiger charge is 2.14. The number of fused-ring (bicyclic) bond motifs is 1. The van der Waals surface area contributed by atoms with Crippen LogP contribution in [0.3, 0.4) is 0 Å². The summed E-state index contributed by atoms with van der Waals surface area (Å²) >= 11 is 0. The van der Waals surface area contributed by atoms with Crippen molar-refractivity contribution in [3.63, 3.8) is 0 Å². The topological polar surface area (TPSA) is 0 Å². The minimum Gasteiger partial charge on any atom is -0.0804 e. The molecule has 0 fully saturated rings. The van der Waals surface area contributed by atoms with Crippen LogP contribution in [0.15, 0.2) is 18.2 Å². The predicted octanol–water partition coefficient (Wildman–Crippen LogP) is 4.82. The SMILES string of the molecule is CCCCC1=CCCc2cc(C)cc(C)c21. The molecule has 2 rings (SSSR count). The largest absolute Gasteiger partial charge is 0.0804 e. The lowest BCUT2D eigenvalue weighted by molar-refractivity contribution is 0.814. The molecule has 0 amide bonds. The van der Waals surface area contributed by atoms with Gasteiger partial charge in [0.2, 0.25) is 0 Å². The van der Waals surface area contributed by atoms with Crippen LogP contribution in [0.1, 0.15) is 54.9 Å². The summed E-state index contributed by atoms with van der Waals surface area (Å²) < 4.78 is 0. The monoisotopic (exact) mass is 214 g/mol. The van der Waals surface area contributed by atoms with Crippen molar-refractivity contribution in [3.8, 4) is 0 Å². The van der Waals surface area contributed by atoms with Gasteiger partial charge < -0.3 is 0 Å². The molecule has 1 aromatic carbocycles. The summed E-state index contributed by atoms with van der Waals surface area (Å²) in [5.41, 5.74) is 7.61. The second-order valence-electron chi connectivity index (χ2n) is 4.99. The van der Waals surface area contributed by atoms with Crippen LogP contribution < -0.4 is 0 Å². The first kappa shape index (κ1) is 11.4. The van der Waals surface area contributed by atoms with Gasteiger partial charge in [0.15, 0.2) is 0 Å². The first-order valence-electron chi connectivity index (χ1n) is 6.52. The second kappa shape index (κ2) is 4.86. The molecule has 0 radical (unpaired) electrons. The van der Waals surface area contributed by atoms with Gasteiger partial charge in [0.05, 0.1) is 0 Å². The van der Waals surface area contributed by atoms with Gasteiger partial charge in [-0.3, -0.25) is 0 Å². The molecule has 0 nitrogen and oxygen atoms in total. The van der Waals surface area contributed by atoms with Crippen molar-refractivity contribution in [2.24, 2.45) is 0 Å². The third kappa shape index (κ3) is 2.21. The maximum absolute atomic E-state index is 2.46. The lowest BCUT2D eigenvalue weighted by Gasteiger charge is -2.21. The molecule has 0 heteroatoms. The molecule has 16 heavy (non-hydrogen) atoms. The highest BCUT2D eigenvalue weighted by Crippen LogP contribution is 2.33. The van der Waals surface area contributed by atoms with Crippen LogP contribution in [-0.4, -0.2) is 0 Å². The van der Waals surface area contributed by atoms with Crippen molar-refractivity contribution in [2.45, 2.75) is 52.9 Å². The van der Waals surface area contributed by atoms with E-state index >= 15 is 0 Å². The van der Waals surface area contributed by atoms with Crippen molar-refractivity contribution < 1.29 is 0 Å². The number of benzene rings is 1. The summed E-state index contributed by atoms with van der Waals surface area (Å²) in [5, 5.41) is 0. The summed E-state index contributed by atoms with van der Waals surface area (Å²) in [6.45, 7) is 6.74. The predicted molar refractivity (Wildman–Crippen MR) is 71.7 cm³/mol. The molecule has 1 aliphatic rings. The van der Waals surface area contributed by atoms with E-state index in [1.807, 2.05) is 0 Å². The molecular weight excluding hydrogens is 192 g/mol. The smallest absolute Gasteiger partial charge is 0.0166 e. The number of unbranched alkanes of at least 4 members (excludes halogenated alkanes) is 1. The third-order valence-corrected chi connectivity index (χ3v) is 3.49. The van der Waals surface area contributed by atoms with Crippen molar-refractivity contribution in [2.75, 3.05) is 0 Å². The van der Waals surface area contributed by atoms with Crippen LogP contribution in [0, 0.1) is 13.8 Å². The van der Waals surface area contributed by atoms with Gasteiger partial charge >= 0.3 is 0 Å². The Bertz CT molecular complexity index is 410. The summed E-state index contributed by atoms with van der Waals surface area (Å²) in [6.07, 6.45) is 8.78. The Kier molecular flexibility index (Phi) is 3.48. The molecule has 0 aliphatic heterocycles. The normalized spacial score (nSPS) is 14.6. The second-order valence-corrected chi connectivity index (χ2v) is 4.99. The fourth-order valence-corrected chi connectivity index (χ4v) is 2.81. The van der Waals surface area contributed by atoms with Gasteiger partial charge in [-0.2, -0.15) is 0 Å². The molecule has 0 saturated carbocycles. The highest BCUT2D eigenvalue weighted by atomic mass is 14.2. The van der Waals surface area contributed by atoms with Crippen molar-refractivity contribution in [1.82, 2.24) is 0 Å². The molecule has 0 heterocycles. The number of hydrogen-bond acceptors (Lipinski definition) is 0. The zero-order valence-electron chi connectivity index (χ0n) is 10.8. The Hall–Kier alpha value is -1.04. The van der Waals surface area contributed by atoms with Crippen molar-refractivity contribution in [3.05, 3.63) is 40.5 Å². The van der Waals surface area contributed by atoms with E-state index < -0.39 is 0 Å². The standard InChI is InChI=1S/C16H22/c1-4-5-7-14-8-6-9-15-11-12(2)10-13(3)16(14)15/h8,10-11H,4-7,9H2,1-3H3. The van der Waals surface area contributed by atoms with Crippen molar-refractivity contribution >= 4 is 5.57 Å². The molecule has 0 spiro atoms. The lowest BCUT2D eigenvalue weighted by atomic mass is 9.84. The van der Waals surface area contributed by atoms with E-state index in [0.29, 0.717) is 0 Å². The third-order valence-electron chi connectivity index (χ3n) is 3.49. The number of hydrogen-bond donors (Lipinski definition) is 0. The van der Waals surface area contributed by atoms with Gasteiger partial charge in [0.1, 0.15) is 0 Å². The Morgan fingerprint density at radius 1 is 1.19 bits per heavy atom. The molecule has 0 unspecified atom stereocenters. The van der Waals surface area contributed by atoms with Crippen molar-refractivity contribution in [1.29, 1.82) is 0 Å². The highest BCUT2D eigenvalue weighted by molar-refractivity contribution is 5.73. The van der Waals surface area contributed by atoms with E-state index in [4.69, 9.17) is 0 Å². The molecule has 86 valence electrons. The molecule has 0 aromatic heterocycles. The van der Waals surface area contributed by atoms with E-state index in [9.17, 15) is 0 Å². The van der Waals surface area contributed by atoms with Crippen LogP contribution in [0.25, 0.3) is 5.57 Å². The average Bonchev–Trinajstić information content (AvgIpc) is 2.25. The Labute approximate surface area is 99.4 Å². The van der Waals surface area contributed by atoms with Gasteiger partial charge in [0, 0.05) is 0 Å². The first-order valence-corrected chi connectivity index (χ1v) is 6.52. The van der Waals surface area contributed by atoms with E-state index in [0.717, 1.165) is 0 Å². The van der Waals surface area contributed by atoms with E-state index in [-0.39, 0.29) is 0 Å². The summed E-state index contributed by atoms with van der Waals surface area (Å²) in [5.74, 6) is 0. The molecule has 0 saturated heterocycles. The summed E-state index contributed by atoms with van der Waals surface area (Å²) in [4.78, 5) is 0. The van der Waals surface area contributed by atoms with Crippen LogP contribution >= 0.6 is 0 Å². The fourth-order valence-electron chi connectivity index (χ4n) is 2.81. The van der Waals surface area contributed by atoms with Gasteiger partial charge in [0.25, 0.3) is 0 Å². The van der Waals surface area contributed by atoms with Crippen LogP contribution in [0.4, 0.5) is 0 Å². The molecule has 1 aromatic rings. The number of allylic oxidation sites excluding steroid dienone is 2. The van der Waals surface area contributed by atoms with E-state index in [1.54, 1.807) is 16.7 Å². The Morgan fingerprint density at radius 3 is 2.75 bits per heavy atom. The molecule has 0 bridgehead atoms. The molecule has 1 aliphatic carbocycles. The Balaban J connectivity index is 2.37. The minimum atomic E-state index is 1.23. The molecule has 0 N–H and O–H groups in total. The molecule has 0 atom stereocenters. The first-order chi connectivity index (χ1) is 7.72. The quantitative estimate of drug-likeness (QED) is 0.676. The van der Waals surface area contributed by atoms with E-state index in [1.165, 1.54) is 43.2 Å². The van der Waals surface area contributed by atoms with Gasteiger partial charge in [-0.25, -0.2) is 0 Å². The van der Waals surface area contributed by atoms with Crippen LogP contribution in [0.5, 0.6) is 0 Å². The zero-order chi connectivity index (χ0) is 11.5. The molecular formula is C16H22.